The standard InChI is InChI=1S/C20H20N4O3S/c25-19(13-1-2-15-14(9-13)11-21-12-22-15)23-4-6-24(7-5-23)20(26)18-10-16-17(28-18)3-8-27-16/h3,8,10-13H,1-2,4-7,9H2. The fourth-order valence-corrected chi connectivity index (χ4v) is 5.03. The van der Waals surface area contributed by atoms with Gasteiger partial charge in [0, 0.05) is 50.1 Å². The van der Waals surface area contributed by atoms with E-state index in [1.54, 1.807) is 18.7 Å². The van der Waals surface area contributed by atoms with Crippen LogP contribution in [0.4, 0.5) is 0 Å². The quantitative estimate of drug-likeness (QED) is 0.664. The predicted octanol–water partition coefficient (Wildman–Crippen LogP) is 2.37. The van der Waals surface area contributed by atoms with Crippen LogP contribution in [0, 0.1) is 5.92 Å². The molecule has 7 nitrogen and oxygen atoms in total. The molecule has 1 fully saturated rings. The number of furan rings is 1. The van der Waals surface area contributed by atoms with E-state index in [9.17, 15) is 9.59 Å². The molecule has 1 saturated heterocycles. The van der Waals surface area contributed by atoms with Gasteiger partial charge in [0.25, 0.3) is 5.91 Å². The summed E-state index contributed by atoms with van der Waals surface area (Å²) in [7, 11) is 0. The lowest BCUT2D eigenvalue weighted by atomic mass is 9.86. The maximum atomic E-state index is 13.0. The van der Waals surface area contributed by atoms with Crippen molar-refractivity contribution in [2.24, 2.45) is 5.92 Å². The van der Waals surface area contributed by atoms with Crippen LogP contribution in [-0.2, 0) is 17.6 Å². The lowest BCUT2D eigenvalue weighted by molar-refractivity contribution is -0.137. The van der Waals surface area contributed by atoms with E-state index in [1.807, 2.05) is 22.1 Å². The first kappa shape index (κ1) is 17.4. The molecule has 8 heteroatoms. The molecule has 0 bridgehead atoms. The number of rotatable bonds is 2. The number of thiophene rings is 1. The van der Waals surface area contributed by atoms with Crippen molar-refractivity contribution in [1.29, 1.82) is 0 Å². The van der Waals surface area contributed by atoms with E-state index < -0.39 is 0 Å². The molecule has 3 aromatic rings. The van der Waals surface area contributed by atoms with Crippen molar-refractivity contribution in [3.8, 4) is 0 Å². The molecular weight excluding hydrogens is 376 g/mol. The van der Waals surface area contributed by atoms with Gasteiger partial charge in [-0.05, 0) is 30.9 Å². The van der Waals surface area contributed by atoms with E-state index in [0.717, 1.165) is 34.4 Å². The van der Waals surface area contributed by atoms with E-state index in [-0.39, 0.29) is 17.7 Å². The molecule has 0 radical (unpaired) electrons. The zero-order valence-electron chi connectivity index (χ0n) is 15.3. The topological polar surface area (TPSA) is 79.5 Å². The minimum absolute atomic E-state index is 0.00930. The molecule has 0 N–H and O–H groups in total. The van der Waals surface area contributed by atoms with Gasteiger partial charge < -0.3 is 14.2 Å². The highest BCUT2D eigenvalue weighted by molar-refractivity contribution is 7.20. The van der Waals surface area contributed by atoms with E-state index in [4.69, 9.17) is 4.42 Å². The molecule has 5 rings (SSSR count). The second kappa shape index (κ2) is 7.01. The number of aryl methyl sites for hydroxylation is 1. The average molecular weight is 396 g/mol. The Bertz CT molecular complexity index is 1010. The molecule has 144 valence electrons. The number of hydrogen-bond donors (Lipinski definition) is 0. The maximum Gasteiger partial charge on any atom is 0.264 e. The second-order valence-electron chi connectivity index (χ2n) is 7.31. The third kappa shape index (κ3) is 3.07. The van der Waals surface area contributed by atoms with E-state index in [1.165, 1.54) is 11.3 Å². The fourth-order valence-electron chi connectivity index (χ4n) is 4.08. The van der Waals surface area contributed by atoms with E-state index >= 15 is 0 Å². The summed E-state index contributed by atoms with van der Waals surface area (Å²) in [6.07, 6.45) is 7.40. The summed E-state index contributed by atoms with van der Waals surface area (Å²) in [5.41, 5.74) is 2.91. The van der Waals surface area contributed by atoms with Crippen molar-refractivity contribution in [2.45, 2.75) is 19.3 Å². The van der Waals surface area contributed by atoms with Crippen LogP contribution in [0.5, 0.6) is 0 Å². The predicted molar refractivity (Wildman–Crippen MR) is 104 cm³/mol. The summed E-state index contributed by atoms with van der Waals surface area (Å²) < 4.78 is 6.34. The number of fused-ring (bicyclic) bond motifs is 2. The molecule has 4 heterocycles. The van der Waals surface area contributed by atoms with Gasteiger partial charge in [0.05, 0.1) is 15.8 Å². The summed E-state index contributed by atoms with van der Waals surface area (Å²) in [6.45, 7) is 2.30. The van der Waals surface area contributed by atoms with Crippen molar-refractivity contribution in [1.82, 2.24) is 19.8 Å². The van der Waals surface area contributed by atoms with Crippen molar-refractivity contribution in [2.75, 3.05) is 26.2 Å². The number of nitrogens with zero attached hydrogens (tertiary/aromatic N) is 4. The van der Waals surface area contributed by atoms with Gasteiger partial charge in [0.15, 0.2) is 0 Å². The Morgan fingerprint density at radius 1 is 1.18 bits per heavy atom. The number of carbonyl (C=O) groups excluding carboxylic acids is 2. The summed E-state index contributed by atoms with van der Waals surface area (Å²) in [6, 6.07) is 3.68. The zero-order chi connectivity index (χ0) is 19.1. The smallest absolute Gasteiger partial charge is 0.264 e. The van der Waals surface area contributed by atoms with Crippen LogP contribution >= 0.6 is 11.3 Å². The molecule has 1 aliphatic carbocycles. The molecule has 0 saturated carbocycles. The summed E-state index contributed by atoms with van der Waals surface area (Å²) in [4.78, 5) is 38.6. The Morgan fingerprint density at radius 2 is 2.00 bits per heavy atom. The summed E-state index contributed by atoms with van der Waals surface area (Å²) >= 11 is 1.45. The molecule has 28 heavy (non-hydrogen) atoms. The summed E-state index contributed by atoms with van der Waals surface area (Å²) in [5, 5.41) is 0. The van der Waals surface area contributed by atoms with Crippen LogP contribution < -0.4 is 0 Å². The van der Waals surface area contributed by atoms with E-state index in [2.05, 4.69) is 9.97 Å². The Morgan fingerprint density at radius 3 is 2.82 bits per heavy atom. The molecule has 1 aliphatic heterocycles. The van der Waals surface area contributed by atoms with Crippen LogP contribution in [0.2, 0.25) is 0 Å². The van der Waals surface area contributed by atoms with Gasteiger partial charge >= 0.3 is 0 Å². The molecule has 1 unspecified atom stereocenters. The maximum absolute atomic E-state index is 13.0. The highest BCUT2D eigenvalue weighted by Gasteiger charge is 2.32. The second-order valence-corrected chi connectivity index (χ2v) is 8.40. The molecule has 0 aromatic carbocycles. The van der Waals surface area contributed by atoms with Crippen molar-refractivity contribution >= 4 is 33.4 Å². The van der Waals surface area contributed by atoms with E-state index in [0.29, 0.717) is 37.5 Å². The van der Waals surface area contributed by atoms with Crippen LogP contribution in [0.25, 0.3) is 10.3 Å². The fraction of sp³-hybridized carbons (Fsp3) is 0.400. The lowest BCUT2D eigenvalue weighted by Crippen LogP contribution is -2.52. The third-order valence-corrected chi connectivity index (χ3v) is 6.72. The van der Waals surface area contributed by atoms with Crippen LogP contribution in [-0.4, -0.2) is 57.8 Å². The molecule has 0 spiro atoms. The number of amides is 2. The van der Waals surface area contributed by atoms with Gasteiger partial charge in [-0.2, -0.15) is 0 Å². The Labute approximate surface area is 166 Å². The normalized spacial score (nSPS) is 19.6. The lowest BCUT2D eigenvalue weighted by Gasteiger charge is -2.37. The number of aromatic nitrogens is 2. The number of hydrogen-bond acceptors (Lipinski definition) is 6. The van der Waals surface area contributed by atoms with Crippen LogP contribution in [0.3, 0.4) is 0 Å². The monoisotopic (exact) mass is 396 g/mol. The zero-order valence-corrected chi connectivity index (χ0v) is 16.2. The Kier molecular flexibility index (Phi) is 4.35. The van der Waals surface area contributed by atoms with Gasteiger partial charge in [-0.3, -0.25) is 9.59 Å². The third-order valence-electron chi connectivity index (χ3n) is 5.66. The van der Waals surface area contributed by atoms with Gasteiger partial charge in [-0.15, -0.1) is 11.3 Å². The first-order chi connectivity index (χ1) is 13.7. The Balaban J connectivity index is 1.20. The largest absolute Gasteiger partial charge is 0.463 e. The highest BCUT2D eigenvalue weighted by atomic mass is 32.1. The van der Waals surface area contributed by atoms with Crippen LogP contribution in [0.1, 0.15) is 27.3 Å². The van der Waals surface area contributed by atoms with Gasteiger partial charge in [0.2, 0.25) is 5.91 Å². The van der Waals surface area contributed by atoms with Crippen molar-refractivity contribution in [3.63, 3.8) is 0 Å². The van der Waals surface area contributed by atoms with Gasteiger partial charge in [-0.25, -0.2) is 9.97 Å². The van der Waals surface area contributed by atoms with Crippen molar-refractivity contribution < 1.29 is 14.0 Å². The minimum Gasteiger partial charge on any atom is -0.463 e. The highest BCUT2D eigenvalue weighted by Crippen LogP contribution is 2.28. The SMILES string of the molecule is O=C(c1cc2occc2s1)N1CCN(C(=O)C2CCc3ncncc3C2)CC1. The first-order valence-corrected chi connectivity index (χ1v) is 10.3. The minimum atomic E-state index is -0.00930. The summed E-state index contributed by atoms with van der Waals surface area (Å²) in [5.74, 6) is 0.201. The molecule has 2 amide bonds. The molecule has 1 atom stereocenters. The number of piperazine rings is 1. The van der Waals surface area contributed by atoms with Gasteiger partial charge in [-0.1, -0.05) is 0 Å². The number of carbonyl (C=O) groups is 2. The first-order valence-electron chi connectivity index (χ1n) is 9.52. The molecule has 2 aliphatic rings. The molecule has 3 aromatic heterocycles. The molecular formula is C20H20N4O3S. The van der Waals surface area contributed by atoms with Crippen molar-refractivity contribution in [3.05, 3.63) is 47.1 Å². The average Bonchev–Trinajstić information content (AvgIpc) is 3.35. The van der Waals surface area contributed by atoms with Crippen LogP contribution in [0.15, 0.2) is 35.3 Å². The Hall–Kier alpha value is -2.74. The van der Waals surface area contributed by atoms with Gasteiger partial charge in [0.1, 0.15) is 11.9 Å².